The van der Waals surface area contributed by atoms with E-state index in [1.54, 1.807) is 0 Å². The first-order valence-corrected chi connectivity index (χ1v) is 6.33. The van der Waals surface area contributed by atoms with Crippen molar-refractivity contribution in [3.05, 3.63) is 23.8 Å². The minimum atomic E-state index is -0.440. The van der Waals surface area contributed by atoms with E-state index in [1.165, 1.54) is 18.2 Å². The topological polar surface area (TPSA) is 69.6 Å². The van der Waals surface area contributed by atoms with Crippen molar-refractivity contribution in [1.82, 2.24) is 5.32 Å². The molecule has 0 aliphatic heterocycles. The van der Waals surface area contributed by atoms with E-state index in [9.17, 15) is 15.0 Å². The van der Waals surface area contributed by atoms with E-state index < -0.39 is 5.91 Å². The van der Waals surface area contributed by atoms with Gasteiger partial charge >= 0.3 is 0 Å². The predicted molar refractivity (Wildman–Crippen MR) is 70.8 cm³/mol. The van der Waals surface area contributed by atoms with Gasteiger partial charge in [-0.15, -0.1) is 0 Å². The summed E-state index contributed by atoms with van der Waals surface area (Å²) >= 11 is 0. The van der Waals surface area contributed by atoms with Crippen LogP contribution >= 0.6 is 0 Å². The molecule has 0 heterocycles. The number of nitrogens with one attached hydrogen (secondary N) is 1. The number of phenolic OH excluding ortho intramolecular Hbond substituents is 2. The molecule has 1 amide bonds. The molecule has 0 aliphatic rings. The van der Waals surface area contributed by atoms with Gasteiger partial charge in [0.25, 0.3) is 5.91 Å². The fraction of sp³-hybridized carbons (Fsp3) is 0.500. The van der Waals surface area contributed by atoms with Crippen LogP contribution in [0.4, 0.5) is 0 Å². The van der Waals surface area contributed by atoms with Gasteiger partial charge in [0.15, 0.2) is 0 Å². The van der Waals surface area contributed by atoms with Crippen molar-refractivity contribution in [2.24, 2.45) is 5.92 Å². The smallest absolute Gasteiger partial charge is 0.259 e. The Labute approximate surface area is 108 Å². The highest BCUT2D eigenvalue weighted by atomic mass is 16.3. The Morgan fingerprint density at radius 1 is 1.22 bits per heavy atom. The van der Waals surface area contributed by atoms with Crippen LogP contribution in [-0.2, 0) is 0 Å². The van der Waals surface area contributed by atoms with Gasteiger partial charge in [-0.1, -0.05) is 32.8 Å². The molecule has 0 aliphatic carbocycles. The number of carbonyl (C=O) groups excluding carboxylic acids is 1. The Bertz CT molecular complexity index is 393. The largest absolute Gasteiger partial charge is 0.507 e. The van der Waals surface area contributed by atoms with Gasteiger partial charge < -0.3 is 15.5 Å². The van der Waals surface area contributed by atoms with E-state index >= 15 is 0 Å². The average molecular weight is 251 g/mol. The van der Waals surface area contributed by atoms with Crippen LogP contribution in [0.1, 0.15) is 44.0 Å². The molecule has 1 unspecified atom stereocenters. The molecule has 0 radical (unpaired) electrons. The molecule has 0 bridgehead atoms. The zero-order chi connectivity index (χ0) is 13.7. The summed E-state index contributed by atoms with van der Waals surface area (Å²) in [7, 11) is 0. The molecule has 3 N–H and O–H groups in total. The Balaban J connectivity index is 2.83. The first kappa shape index (κ1) is 14.4. The molecular formula is C14H21NO3. The summed E-state index contributed by atoms with van der Waals surface area (Å²) in [5, 5.41) is 22.0. The molecule has 0 fully saturated rings. The first-order chi connectivity index (χ1) is 8.51. The Hall–Kier alpha value is -1.71. The third-order valence-electron chi connectivity index (χ3n) is 3.36. The molecule has 0 aromatic heterocycles. The highest BCUT2D eigenvalue weighted by Gasteiger charge is 2.20. The van der Waals surface area contributed by atoms with Crippen molar-refractivity contribution in [2.75, 3.05) is 0 Å². The van der Waals surface area contributed by atoms with Gasteiger partial charge in [0.2, 0.25) is 0 Å². The molecule has 1 aromatic rings. The maximum atomic E-state index is 12.0. The molecule has 0 saturated carbocycles. The number of amides is 1. The lowest BCUT2D eigenvalue weighted by atomic mass is 9.95. The molecule has 1 rings (SSSR count). The fourth-order valence-corrected chi connectivity index (χ4v) is 2.15. The van der Waals surface area contributed by atoms with Crippen molar-refractivity contribution in [3.8, 4) is 11.5 Å². The maximum absolute atomic E-state index is 12.0. The van der Waals surface area contributed by atoms with E-state index in [1.807, 2.05) is 6.92 Å². The minimum absolute atomic E-state index is 0.00602. The minimum Gasteiger partial charge on any atom is -0.507 e. The van der Waals surface area contributed by atoms with Crippen LogP contribution in [0.3, 0.4) is 0 Å². The fourth-order valence-electron chi connectivity index (χ4n) is 2.15. The van der Waals surface area contributed by atoms with Crippen LogP contribution in [-0.4, -0.2) is 22.2 Å². The van der Waals surface area contributed by atoms with Crippen molar-refractivity contribution in [1.29, 1.82) is 0 Å². The number of aromatic hydroxyl groups is 2. The maximum Gasteiger partial charge on any atom is 0.259 e. The van der Waals surface area contributed by atoms with Gasteiger partial charge in [-0.3, -0.25) is 4.79 Å². The lowest BCUT2D eigenvalue weighted by Gasteiger charge is -2.22. The van der Waals surface area contributed by atoms with Crippen molar-refractivity contribution in [2.45, 2.75) is 39.7 Å². The summed E-state index contributed by atoms with van der Waals surface area (Å²) in [4.78, 5) is 12.0. The number of hydrogen-bond donors (Lipinski definition) is 3. The monoisotopic (exact) mass is 251 g/mol. The van der Waals surface area contributed by atoms with Gasteiger partial charge in [-0.25, -0.2) is 0 Å². The second-order valence-electron chi connectivity index (χ2n) is 4.51. The SMILES string of the molecule is CCC(CC)C(C)NC(=O)c1c(O)cccc1O. The lowest BCUT2D eigenvalue weighted by molar-refractivity contribution is 0.0919. The summed E-state index contributed by atoms with van der Waals surface area (Å²) in [5.41, 5.74) is -0.0599. The molecular weight excluding hydrogens is 230 g/mol. The van der Waals surface area contributed by atoms with Crippen LogP contribution in [0.2, 0.25) is 0 Å². The summed E-state index contributed by atoms with van der Waals surface area (Å²) in [5.74, 6) is -0.458. The Morgan fingerprint density at radius 2 is 1.72 bits per heavy atom. The summed E-state index contributed by atoms with van der Waals surface area (Å²) in [6.45, 7) is 6.09. The van der Waals surface area contributed by atoms with Crippen molar-refractivity contribution < 1.29 is 15.0 Å². The molecule has 18 heavy (non-hydrogen) atoms. The molecule has 100 valence electrons. The summed E-state index contributed by atoms with van der Waals surface area (Å²) in [6.07, 6.45) is 1.95. The summed E-state index contributed by atoms with van der Waals surface area (Å²) < 4.78 is 0. The van der Waals surface area contributed by atoms with Gasteiger partial charge in [0, 0.05) is 6.04 Å². The Kier molecular flexibility index (Phi) is 5.01. The van der Waals surface area contributed by atoms with E-state index in [0.717, 1.165) is 12.8 Å². The molecule has 0 spiro atoms. The lowest BCUT2D eigenvalue weighted by Crippen LogP contribution is -2.37. The number of hydrogen-bond acceptors (Lipinski definition) is 3. The third-order valence-corrected chi connectivity index (χ3v) is 3.36. The standard InChI is InChI=1S/C14H21NO3/c1-4-10(5-2)9(3)15-14(18)13-11(16)7-6-8-12(13)17/h6-10,16-17H,4-5H2,1-3H3,(H,15,18). The summed E-state index contributed by atoms with van der Waals surface area (Å²) in [6, 6.07) is 4.27. The average Bonchev–Trinajstić information content (AvgIpc) is 2.30. The molecule has 4 heteroatoms. The Morgan fingerprint density at radius 3 is 2.17 bits per heavy atom. The van der Waals surface area contributed by atoms with E-state index in [-0.39, 0.29) is 23.1 Å². The van der Waals surface area contributed by atoms with Crippen molar-refractivity contribution >= 4 is 5.91 Å². The van der Waals surface area contributed by atoms with E-state index in [2.05, 4.69) is 19.2 Å². The number of carbonyl (C=O) groups is 1. The van der Waals surface area contributed by atoms with Gasteiger partial charge in [0.1, 0.15) is 17.1 Å². The van der Waals surface area contributed by atoms with Crippen LogP contribution in [0.15, 0.2) is 18.2 Å². The van der Waals surface area contributed by atoms with E-state index in [4.69, 9.17) is 0 Å². The molecule has 1 atom stereocenters. The molecule has 1 aromatic carbocycles. The number of phenols is 2. The van der Waals surface area contributed by atoms with Crippen LogP contribution in [0.5, 0.6) is 11.5 Å². The third kappa shape index (κ3) is 3.15. The zero-order valence-corrected chi connectivity index (χ0v) is 11.1. The molecule has 4 nitrogen and oxygen atoms in total. The van der Waals surface area contributed by atoms with Gasteiger partial charge in [-0.2, -0.15) is 0 Å². The normalized spacial score (nSPS) is 12.4. The quantitative estimate of drug-likeness (QED) is 0.753. The van der Waals surface area contributed by atoms with Gasteiger partial charge in [-0.05, 0) is 25.0 Å². The number of benzene rings is 1. The van der Waals surface area contributed by atoms with Crippen LogP contribution < -0.4 is 5.32 Å². The van der Waals surface area contributed by atoms with E-state index in [0.29, 0.717) is 5.92 Å². The highest BCUT2D eigenvalue weighted by molar-refractivity contribution is 5.99. The van der Waals surface area contributed by atoms with Crippen LogP contribution in [0, 0.1) is 5.92 Å². The van der Waals surface area contributed by atoms with Crippen LogP contribution in [0.25, 0.3) is 0 Å². The first-order valence-electron chi connectivity index (χ1n) is 6.33. The molecule has 0 saturated heterocycles. The predicted octanol–water partition coefficient (Wildman–Crippen LogP) is 2.65. The van der Waals surface area contributed by atoms with Crippen molar-refractivity contribution in [3.63, 3.8) is 0 Å². The second kappa shape index (κ2) is 6.28. The van der Waals surface area contributed by atoms with Gasteiger partial charge in [0.05, 0.1) is 0 Å². The second-order valence-corrected chi connectivity index (χ2v) is 4.51. The number of rotatable bonds is 5. The highest BCUT2D eigenvalue weighted by Crippen LogP contribution is 2.26. The zero-order valence-electron chi connectivity index (χ0n) is 11.1.